The zero-order chi connectivity index (χ0) is 19.4. The van der Waals surface area contributed by atoms with E-state index in [4.69, 9.17) is 9.47 Å². The monoisotopic (exact) mass is 488 g/mol. The molecule has 0 unspecified atom stereocenters. The smallest absolute Gasteiger partial charge is 0.343 e. The van der Waals surface area contributed by atoms with E-state index < -0.39 is 11.9 Å². The van der Waals surface area contributed by atoms with Crippen LogP contribution in [0.5, 0.6) is 11.5 Å². The first kappa shape index (κ1) is 19.3. The van der Waals surface area contributed by atoms with Crippen molar-refractivity contribution in [3.05, 3.63) is 92.4 Å². The van der Waals surface area contributed by atoms with Crippen LogP contribution in [-0.4, -0.2) is 11.9 Å². The zero-order valence-electron chi connectivity index (χ0n) is 14.2. The van der Waals surface area contributed by atoms with E-state index in [1.54, 1.807) is 73.7 Å². The van der Waals surface area contributed by atoms with Crippen LogP contribution in [-0.2, 0) is 0 Å². The molecule has 0 saturated heterocycles. The fourth-order valence-electron chi connectivity index (χ4n) is 2.30. The van der Waals surface area contributed by atoms with Crippen molar-refractivity contribution in [3.8, 4) is 11.5 Å². The van der Waals surface area contributed by atoms with Crippen LogP contribution in [0.25, 0.3) is 0 Å². The van der Waals surface area contributed by atoms with Crippen molar-refractivity contribution in [2.75, 3.05) is 0 Å². The average Bonchev–Trinajstić information content (AvgIpc) is 2.66. The van der Waals surface area contributed by atoms with Crippen molar-refractivity contribution in [1.82, 2.24) is 0 Å². The molecular formula is C21H14Br2O4. The molecule has 0 aliphatic rings. The Hall–Kier alpha value is -2.44. The predicted octanol–water partition coefficient (Wildman–Crippen LogP) is 5.96. The average molecular weight is 490 g/mol. The van der Waals surface area contributed by atoms with E-state index in [0.29, 0.717) is 28.2 Å². The van der Waals surface area contributed by atoms with Gasteiger partial charge >= 0.3 is 11.9 Å². The van der Waals surface area contributed by atoms with Crippen LogP contribution in [0.1, 0.15) is 26.3 Å². The highest BCUT2D eigenvalue weighted by molar-refractivity contribution is 9.10. The van der Waals surface area contributed by atoms with Gasteiger partial charge in [-0.2, -0.15) is 0 Å². The second kappa shape index (κ2) is 8.50. The molecule has 0 aromatic heterocycles. The molecule has 0 N–H and O–H groups in total. The number of carbonyl (C=O) groups is 2. The molecule has 0 heterocycles. The lowest BCUT2D eigenvalue weighted by molar-refractivity contribution is 0.0730. The Morgan fingerprint density at radius 1 is 0.667 bits per heavy atom. The third kappa shape index (κ3) is 4.84. The Morgan fingerprint density at radius 2 is 1.04 bits per heavy atom. The number of ether oxygens (including phenoxy) is 2. The molecule has 0 bridgehead atoms. The number of halogens is 2. The van der Waals surface area contributed by atoms with Gasteiger partial charge in [0.1, 0.15) is 11.5 Å². The summed E-state index contributed by atoms with van der Waals surface area (Å²) in [5.74, 6) is -0.294. The second-order valence-electron chi connectivity index (χ2n) is 5.67. The lowest BCUT2D eigenvalue weighted by Gasteiger charge is -2.12. The fraction of sp³-hybridized carbons (Fsp3) is 0.0476. The first-order valence-corrected chi connectivity index (χ1v) is 9.58. The summed E-state index contributed by atoms with van der Waals surface area (Å²) in [6, 6.07) is 18.7. The Kier molecular flexibility index (Phi) is 6.08. The second-order valence-corrected chi connectivity index (χ2v) is 7.50. The van der Waals surface area contributed by atoms with Gasteiger partial charge in [0.05, 0.1) is 11.1 Å². The molecule has 0 radical (unpaired) electrons. The standard InChI is InChI=1S/C21H14Br2O4/c1-13-18(26-20(24)14-5-9-16(22)10-6-14)3-2-4-19(13)27-21(25)15-7-11-17(23)12-8-15/h2-12H,1H3. The quantitative estimate of drug-likeness (QED) is 0.335. The maximum atomic E-state index is 12.3. The lowest BCUT2D eigenvalue weighted by Crippen LogP contribution is -2.11. The molecular weight excluding hydrogens is 476 g/mol. The van der Waals surface area contributed by atoms with Gasteiger partial charge in [0.2, 0.25) is 0 Å². The maximum absolute atomic E-state index is 12.3. The third-order valence-electron chi connectivity index (χ3n) is 3.80. The molecule has 3 aromatic carbocycles. The summed E-state index contributed by atoms with van der Waals surface area (Å²) in [5, 5.41) is 0. The van der Waals surface area contributed by atoms with E-state index in [1.807, 2.05) is 0 Å². The Morgan fingerprint density at radius 3 is 1.41 bits per heavy atom. The van der Waals surface area contributed by atoms with Crippen molar-refractivity contribution >= 4 is 43.8 Å². The molecule has 0 saturated carbocycles. The minimum atomic E-state index is -0.484. The Bertz CT molecular complexity index is 902. The molecule has 27 heavy (non-hydrogen) atoms. The molecule has 4 nitrogen and oxygen atoms in total. The maximum Gasteiger partial charge on any atom is 0.343 e. The van der Waals surface area contributed by atoms with E-state index in [0.717, 1.165) is 8.95 Å². The molecule has 0 fully saturated rings. The minimum Gasteiger partial charge on any atom is -0.423 e. The van der Waals surface area contributed by atoms with Gasteiger partial charge in [-0.15, -0.1) is 0 Å². The normalized spacial score (nSPS) is 10.3. The molecule has 3 aromatic rings. The van der Waals surface area contributed by atoms with Crippen molar-refractivity contribution in [3.63, 3.8) is 0 Å². The van der Waals surface area contributed by atoms with E-state index >= 15 is 0 Å². The van der Waals surface area contributed by atoms with Crippen molar-refractivity contribution in [2.24, 2.45) is 0 Å². The van der Waals surface area contributed by atoms with E-state index in [-0.39, 0.29) is 0 Å². The third-order valence-corrected chi connectivity index (χ3v) is 4.86. The Labute approximate surface area is 173 Å². The SMILES string of the molecule is Cc1c(OC(=O)c2ccc(Br)cc2)cccc1OC(=O)c1ccc(Br)cc1. The first-order chi connectivity index (χ1) is 12.9. The van der Waals surface area contributed by atoms with E-state index in [9.17, 15) is 9.59 Å². The van der Waals surface area contributed by atoms with Gasteiger partial charge in [0.15, 0.2) is 0 Å². The molecule has 136 valence electrons. The molecule has 0 aliphatic heterocycles. The lowest BCUT2D eigenvalue weighted by atomic mass is 10.2. The van der Waals surface area contributed by atoms with Crippen molar-refractivity contribution < 1.29 is 19.1 Å². The summed E-state index contributed by atoms with van der Waals surface area (Å²) in [6.07, 6.45) is 0. The molecule has 0 amide bonds. The van der Waals surface area contributed by atoms with Gasteiger partial charge < -0.3 is 9.47 Å². The summed E-state index contributed by atoms with van der Waals surface area (Å²) in [4.78, 5) is 24.6. The zero-order valence-corrected chi connectivity index (χ0v) is 17.4. The molecule has 3 rings (SSSR count). The number of hydrogen-bond donors (Lipinski definition) is 0. The van der Waals surface area contributed by atoms with Gasteiger partial charge in [-0.25, -0.2) is 9.59 Å². The molecule has 0 spiro atoms. The van der Waals surface area contributed by atoms with Crippen molar-refractivity contribution in [1.29, 1.82) is 0 Å². The highest BCUT2D eigenvalue weighted by atomic mass is 79.9. The van der Waals surface area contributed by atoms with Gasteiger partial charge in [-0.05, 0) is 67.6 Å². The van der Waals surface area contributed by atoms with E-state index in [2.05, 4.69) is 31.9 Å². The number of carbonyl (C=O) groups excluding carboxylic acids is 2. The molecule has 6 heteroatoms. The van der Waals surface area contributed by atoms with Crippen LogP contribution in [0.4, 0.5) is 0 Å². The van der Waals surface area contributed by atoms with Crippen LogP contribution >= 0.6 is 31.9 Å². The summed E-state index contributed by atoms with van der Waals surface area (Å²) < 4.78 is 12.7. The van der Waals surface area contributed by atoms with Crippen LogP contribution in [0.3, 0.4) is 0 Å². The van der Waals surface area contributed by atoms with Gasteiger partial charge in [0.25, 0.3) is 0 Å². The summed E-state index contributed by atoms with van der Waals surface area (Å²) in [7, 11) is 0. The topological polar surface area (TPSA) is 52.6 Å². The van der Waals surface area contributed by atoms with Crippen LogP contribution < -0.4 is 9.47 Å². The largest absolute Gasteiger partial charge is 0.423 e. The first-order valence-electron chi connectivity index (χ1n) is 7.99. The van der Waals surface area contributed by atoms with Gasteiger partial charge in [-0.1, -0.05) is 37.9 Å². The summed E-state index contributed by atoms with van der Waals surface area (Å²) in [5.41, 5.74) is 1.41. The number of hydrogen-bond acceptors (Lipinski definition) is 4. The van der Waals surface area contributed by atoms with Gasteiger partial charge in [-0.3, -0.25) is 0 Å². The van der Waals surface area contributed by atoms with Crippen LogP contribution in [0.2, 0.25) is 0 Å². The number of benzene rings is 3. The minimum absolute atomic E-state index is 0.337. The fourth-order valence-corrected chi connectivity index (χ4v) is 2.83. The van der Waals surface area contributed by atoms with Crippen molar-refractivity contribution in [2.45, 2.75) is 6.92 Å². The summed E-state index contributed by atoms with van der Waals surface area (Å²) in [6.45, 7) is 1.73. The number of esters is 2. The molecule has 0 aliphatic carbocycles. The van der Waals surface area contributed by atoms with Crippen LogP contribution in [0.15, 0.2) is 75.7 Å². The highest BCUT2D eigenvalue weighted by Gasteiger charge is 2.15. The predicted molar refractivity (Wildman–Crippen MR) is 109 cm³/mol. The van der Waals surface area contributed by atoms with Gasteiger partial charge in [0, 0.05) is 14.5 Å². The Balaban J connectivity index is 1.77. The van der Waals surface area contributed by atoms with Crippen LogP contribution in [0, 0.1) is 6.92 Å². The highest BCUT2D eigenvalue weighted by Crippen LogP contribution is 2.29. The van der Waals surface area contributed by atoms with E-state index in [1.165, 1.54) is 0 Å². The summed E-state index contributed by atoms with van der Waals surface area (Å²) >= 11 is 6.65. The number of rotatable bonds is 4. The molecule has 0 atom stereocenters.